The third-order valence-corrected chi connectivity index (χ3v) is 5.66. The first-order valence-electron chi connectivity index (χ1n) is 7.54. The summed E-state index contributed by atoms with van der Waals surface area (Å²) in [5.74, 6) is 2.18. The number of nitrogens with zero attached hydrogens (tertiary/aromatic N) is 1. The fourth-order valence-electron chi connectivity index (χ4n) is 2.48. The minimum absolute atomic E-state index is 0.191. The normalized spacial score (nSPS) is 16.7. The van der Waals surface area contributed by atoms with Gasteiger partial charge in [-0.3, -0.25) is 4.79 Å². The van der Waals surface area contributed by atoms with E-state index in [4.69, 9.17) is 23.2 Å². The molecule has 22 heavy (non-hydrogen) atoms. The van der Waals surface area contributed by atoms with Gasteiger partial charge in [-0.1, -0.05) is 29.3 Å². The highest BCUT2D eigenvalue weighted by Gasteiger charge is 2.22. The number of rotatable bonds is 6. The van der Waals surface area contributed by atoms with Gasteiger partial charge in [0.2, 0.25) is 5.91 Å². The second-order valence-corrected chi connectivity index (χ2v) is 7.59. The second-order valence-electron chi connectivity index (χ2n) is 5.67. The summed E-state index contributed by atoms with van der Waals surface area (Å²) in [6.45, 7) is 2.76. The van der Waals surface area contributed by atoms with Gasteiger partial charge in [-0.25, -0.2) is 0 Å². The number of likely N-dealkylation sites (tertiary alicyclic amines) is 1. The van der Waals surface area contributed by atoms with E-state index in [0.29, 0.717) is 10.0 Å². The van der Waals surface area contributed by atoms with Gasteiger partial charge in [0, 0.05) is 24.0 Å². The topological polar surface area (TPSA) is 32.3 Å². The number of benzene rings is 1. The van der Waals surface area contributed by atoms with Gasteiger partial charge in [0.15, 0.2) is 0 Å². The maximum absolute atomic E-state index is 12.0. The Balaban J connectivity index is 1.60. The Morgan fingerprint density at radius 2 is 2.05 bits per heavy atom. The van der Waals surface area contributed by atoms with E-state index in [1.54, 1.807) is 11.8 Å². The van der Waals surface area contributed by atoms with Crippen LogP contribution in [0.3, 0.4) is 0 Å². The molecule has 0 bridgehead atoms. The molecule has 0 spiro atoms. The number of amides is 1. The van der Waals surface area contributed by atoms with E-state index in [1.807, 2.05) is 18.2 Å². The van der Waals surface area contributed by atoms with E-state index in [0.717, 1.165) is 49.5 Å². The van der Waals surface area contributed by atoms with E-state index < -0.39 is 0 Å². The molecule has 1 aromatic carbocycles. The molecule has 0 aromatic heterocycles. The SMILES string of the molecule is CN1CCC(C(=O)NCCSCc2ccc(Cl)c(Cl)c2)CC1. The largest absolute Gasteiger partial charge is 0.355 e. The third kappa shape index (κ3) is 5.65. The summed E-state index contributed by atoms with van der Waals surface area (Å²) in [5, 5.41) is 4.23. The van der Waals surface area contributed by atoms with E-state index in [1.165, 1.54) is 0 Å². The minimum atomic E-state index is 0.191. The lowest BCUT2D eigenvalue weighted by Gasteiger charge is -2.28. The summed E-state index contributed by atoms with van der Waals surface area (Å²) < 4.78 is 0. The molecule has 0 unspecified atom stereocenters. The summed E-state index contributed by atoms with van der Waals surface area (Å²) >= 11 is 13.7. The average Bonchev–Trinajstić information content (AvgIpc) is 2.51. The number of hydrogen-bond acceptors (Lipinski definition) is 3. The van der Waals surface area contributed by atoms with Crippen LogP contribution in [0.2, 0.25) is 10.0 Å². The number of hydrogen-bond donors (Lipinski definition) is 1. The molecule has 1 amide bonds. The summed E-state index contributed by atoms with van der Waals surface area (Å²) in [7, 11) is 2.10. The lowest BCUT2D eigenvalue weighted by molar-refractivity contribution is -0.126. The number of piperidine rings is 1. The second kappa shape index (κ2) is 9.02. The Hall–Kier alpha value is -0.420. The van der Waals surface area contributed by atoms with Crippen LogP contribution in [0.4, 0.5) is 0 Å². The van der Waals surface area contributed by atoms with Crippen molar-refractivity contribution in [3.63, 3.8) is 0 Å². The first kappa shape index (κ1) is 17.9. The average molecular weight is 361 g/mol. The molecule has 0 atom stereocenters. The van der Waals surface area contributed by atoms with Gasteiger partial charge in [0.1, 0.15) is 0 Å². The highest BCUT2D eigenvalue weighted by molar-refractivity contribution is 7.98. The van der Waals surface area contributed by atoms with Gasteiger partial charge in [-0.15, -0.1) is 0 Å². The predicted molar refractivity (Wildman–Crippen MR) is 95.9 cm³/mol. The molecule has 1 fully saturated rings. The molecule has 122 valence electrons. The van der Waals surface area contributed by atoms with Crippen LogP contribution in [0.15, 0.2) is 18.2 Å². The van der Waals surface area contributed by atoms with Gasteiger partial charge < -0.3 is 10.2 Å². The van der Waals surface area contributed by atoms with Crippen LogP contribution in [0.5, 0.6) is 0 Å². The molecule has 1 saturated heterocycles. The maximum atomic E-state index is 12.0. The highest BCUT2D eigenvalue weighted by atomic mass is 35.5. The zero-order valence-corrected chi connectivity index (χ0v) is 15.1. The number of carbonyl (C=O) groups is 1. The van der Waals surface area contributed by atoms with Crippen LogP contribution < -0.4 is 5.32 Å². The first-order valence-corrected chi connectivity index (χ1v) is 9.45. The fraction of sp³-hybridized carbons (Fsp3) is 0.562. The van der Waals surface area contributed by atoms with Crippen LogP contribution in [-0.4, -0.2) is 43.2 Å². The fourth-order valence-corrected chi connectivity index (χ4v) is 3.61. The molecule has 3 nitrogen and oxygen atoms in total. The monoisotopic (exact) mass is 360 g/mol. The van der Waals surface area contributed by atoms with Crippen molar-refractivity contribution in [1.29, 1.82) is 0 Å². The van der Waals surface area contributed by atoms with Crippen molar-refractivity contribution in [1.82, 2.24) is 10.2 Å². The van der Waals surface area contributed by atoms with Gasteiger partial charge in [-0.2, -0.15) is 11.8 Å². The smallest absolute Gasteiger partial charge is 0.223 e. The standard InChI is InChI=1S/C16H22Cl2N2OS/c1-20-7-4-13(5-8-20)16(21)19-6-9-22-11-12-2-3-14(17)15(18)10-12/h2-3,10,13H,4-9,11H2,1H3,(H,19,21). The molecule has 1 aliphatic rings. The molecule has 1 aromatic rings. The van der Waals surface area contributed by atoms with E-state index in [2.05, 4.69) is 17.3 Å². The van der Waals surface area contributed by atoms with Crippen molar-refractivity contribution in [2.24, 2.45) is 5.92 Å². The van der Waals surface area contributed by atoms with Crippen molar-refractivity contribution in [3.05, 3.63) is 33.8 Å². The first-order chi connectivity index (χ1) is 10.6. The number of thioether (sulfide) groups is 1. The molecule has 1 heterocycles. The molecule has 6 heteroatoms. The van der Waals surface area contributed by atoms with Crippen LogP contribution in [0, 0.1) is 5.92 Å². The molecule has 1 aliphatic heterocycles. The molecule has 0 saturated carbocycles. The van der Waals surface area contributed by atoms with E-state index in [9.17, 15) is 4.79 Å². The van der Waals surface area contributed by atoms with Gasteiger partial charge in [0.25, 0.3) is 0 Å². The Morgan fingerprint density at radius 1 is 1.32 bits per heavy atom. The zero-order chi connectivity index (χ0) is 15.9. The zero-order valence-electron chi connectivity index (χ0n) is 12.8. The van der Waals surface area contributed by atoms with Crippen LogP contribution in [-0.2, 0) is 10.5 Å². The number of halogens is 2. The highest BCUT2D eigenvalue weighted by Crippen LogP contribution is 2.24. The predicted octanol–water partition coefficient (Wildman–Crippen LogP) is 3.68. The Labute approximate surface area is 146 Å². The van der Waals surface area contributed by atoms with Crippen molar-refractivity contribution in [2.45, 2.75) is 18.6 Å². The van der Waals surface area contributed by atoms with Crippen LogP contribution in [0.25, 0.3) is 0 Å². The molecular formula is C16H22Cl2N2OS. The Morgan fingerprint density at radius 3 is 2.73 bits per heavy atom. The molecule has 0 aliphatic carbocycles. The maximum Gasteiger partial charge on any atom is 0.223 e. The number of carbonyl (C=O) groups excluding carboxylic acids is 1. The van der Waals surface area contributed by atoms with Crippen LogP contribution in [0.1, 0.15) is 18.4 Å². The van der Waals surface area contributed by atoms with Gasteiger partial charge >= 0.3 is 0 Å². The Kier molecular flexibility index (Phi) is 7.35. The molecule has 1 N–H and O–H groups in total. The summed E-state index contributed by atoms with van der Waals surface area (Å²) in [4.78, 5) is 14.3. The lowest BCUT2D eigenvalue weighted by atomic mass is 9.96. The lowest BCUT2D eigenvalue weighted by Crippen LogP contribution is -2.39. The summed E-state index contributed by atoms with van der Waals surface area (Å²) in [6, 6.07) is 5.70. The summed E-state index contributed by atoms with van der Waals surface area (Å²) in [6.07, 6.45) is 1.94. The van der Waals surface area contributed by atoms with Crippen molar-refractivity contribution >= 4 is 40.9 Å². The van der Waals surface area contributed by atoms with Gasteiger partial charge in [0.05, 0.1) is 10.0 Å². The van der Waals surface area contributed by atoms with E-state index in [-0.39, 0.29) is 11.8 Å². The number of nitrogens with one attached hydrogen (secondary N) is 1. The third-order valence-electron chi connectivity index (χ3n) is 3.89. The molecule has 0 radical (unpaired) electrons. The van der Waals surface area contributed by atoms with Crippen LogP contribution >= 0.6 is 35.0 Å². The van der Waals surface area contributed by atoms with Crippen molar-refractivity contribution in [3.8, 4) is 0 Å². The quantitative estimate of drug-likeness (QED) is 0.785. The van der Waals surface area contributed by atoms with Crippen molar-refractivity contribution in [2.75, 3.05) is 32.4 Å². The van der Waals surface area contributed by atoms with E-state index >= 15 is 0 Å². The Bertz CT molecular complexity index is 505. The molecule has 2 rings (SSSR count). The minimum Gasteiger partial charge on any atom is -0.355 e. The van der Waals surface area contributed by atoms with Gasteiger partial charge in [-0.05, 0) is 50.7 Å². The summed E-state index contributed by atoms with van der Waals surface area (Å²) in [5.41, 5.74) is 1.15. The molecular weight excluding hydrogens is 339 g/mol. The van der Waals surface area contributed by atoms with Crippen molar-refractivity contribution < 1.29 is 4.79 Å².